The van der Waals surface area contributed by atoms with Gasteiger partial charge in [-0.2, -0.15) is 8.61 Å². The largest absolute Gasteiger partial charge is 0.444 e. The molecule has 66 heavy (non-hydrogen) atoms. The second kappa shape index (κ2) is 18.9. The van der Waals surface area contributed by atoms with Crippen LogP contribution in [0.15, 0.2) is 106 Å². The molecule has 3 aromatic heterocycles. The van der Waals surface area contributed by atoms with Gasteiger partial charge in [-0.3, -0.25) is 15.0 Å². The minimum absolute atomic E-state index is 0.00840. The molecule has 15 nitrogen and oxygen atoms in total. The number of ether oxygens (including phenoxy) is 1. The topological polar surface area (TPSA) is 189 Å². The number of likely N-dealkylation sites (tertiary alicyclic amines) is 1. The van der Waals surface area contributed by atoms with Crippen molar-refractivity contribution in [1.29, 1.82) is 0 Å². The fourth-order valence-corrected chi connectivity index (χ4v) is 14.6. The van der Waals surface area contributed by atoms with Crippen LogP contribution in [0.5, 0.6) is 0 Å². The lowest BCUT2D eigenvalue weighted by Gasteiger charge is -2.28. The molecule has 350 valence electrons. The molecule has 3 aromatic carbocycles. The van der Waals surface area contributed by atoms with Crippen LogP contribution in [-0.4, -0.2) is 117 Å². The molecule has 1 amide bonds. The van der Waals surface area contributed by atoms with Crippen LogP contribution < -0.4 is 5.32 Å². The molecule has 4 aliphatic rings. The average molecular weight is 1040 g/mol. The Bertz CT molecular complexity index is 3170. The smallest absolute Gasteiger partial charge is 0.410 e. The molecule has 10 rings (SSSR count). The monoisotopic (exact) mass is 1040 g/mol. The molecule has 0 unspecified atom stereocenters. The Labute approximate surface area is 402 Å². The molecule has 0 bridgehead atoms. The van der Waals surface area contributed by atoms with E-state index < -0.39 is 34.7 Å². The Morgan fingerprint density at radius 1 is 0.636 bits per heavy atom. The highest BCUT2D eigenvalue weighted by molar-refractivity contribution is 8.14. The van der Waals surface area contributed by atoms with Crippen LogP contribution in [0, 0.1) is 11.8 Å². The highest BCUT2D eigenvalue weighted by atomic mass is 35.7. The van der Waals surface area contributed by atoms with Crippen molar-refractivity contribution in [2.45, 2.75) is 66.0 Å². The summed E-state index contributed by atoms with van der Waals surface area (Å²) in [6, 6.07) is 15.1. The second-order valence-corrected chi connectivity index (χ2v) is 25.0. The maximum Gasteiger partial charge on any atom is 0.410 e. The number of benzene rings is 3. The van der Waals surface area contributed by atoms with E-state index in [0.29, 0.717) is 69.1 Å². The summed E-state index contributed by atoms with van der Waals surface area (Å²) in [5, 5.41) is 7.82. The third-order valence-corrected chi connectivity index (χ3v) is 18.0. The van der Waals surface area contributed by atoms with Gasteiger partial charge < -0.3 is 15.0 Å². The molecule has 4 saturated heterocycles. The number of hydrogen-bond acceptors (Lipinski definition) is 12. The first-order valence-corrected chi connectivity index (χ1v) is 27.2. The van der Waals surface area contributed by atoms with Gasteiger partial charge in [-0.15, -0.1) is 0 Å². The number of amides is 1. The molecular formula is C44H45Cl4N7O8S3. The van der Waals surface area contributed by atoms with Crippen molar-refractivity contribution in [1.82, 2.24) is 33.8 Å². The summed E-state index contributed by atoms with van der Waals surface area (Å²) in [5.74, 6) is 0.520. The van der Waals surface area contributed by atoms with Gasteiger partial charge in [0, 0.05) is 119 Å². The van der Waals surface area contributed by atoms with E-state index in [2.05, 4.69) is 20.3 Å². The van der Waals surface area contributed by atoms with Crippen molar-refractivity contribution < 1.29 is 34.8 Å². The Hall–Kier alpha value is -3.95. The number of rotatable bonds is 5. The van der Waals surface area contributed by atoms with Crippen LogP contribution in [0.3, 0.4) is 0 Å². The quantitative estimate of drug-likeness (QED) is 0.163. The third kappa shape index (κ3) is 9.82. The van der Waals surface area contributed by atoms with E-state index in [-0.39, 0.29) is 50.3 Å². The predicted octanol–water partition coefficient (Wildman–Crippen LogP) is 8.20. The number of hydrogen-bond donors (Lipinski definition) is 1. The van der Waals surface area contributed by atoms with E-state index in [0.717, 1.165) is 24.8 Å². The predicted molar refractivity (Wildman–Crippen MR) is 256 cm³/mol. The molecule has 4 atom stereocenters. The standard InChI is InChI=1S/C20H24ClN3O4S.C15H16ClN3O2S.C9H5Cl2NO2S/c1-20(2,3)28-19(25)24-8-7-14-11-23(12-16(14)24)29(26,27)17-6-4-5-13-9-22-10-15(21)18(13)17;16-12-7-17-6-10-2-1-3-14(15(10)12)22(20,21)19-8-11-4-5-18-13(11)9-19;10-7-5-12-4-6-2-1-3-8(9(6)7)15(11,13)14/h4-6,9-10,14,16H,7-8,11-12H2,1-3H3;1-3,6-7,11,13,18H,4-5,8-9H2;1-5H/t14-,16+;11-,13+;/m00./s1. The van der Waals surface area contributed by atoms with Gasteiger partial charge in [-0.05, 0) is 70.2 Å². The number of fused-ring (bicyclic) bond motifs is 5. The van der Waals surface area contributed by atoms with Crippen LogP contribution in [0.25, 0.3) is 32.3 Å². The number of aromatic nitrogens is 3. The first-order chi connectivity index (χ1) is 31.1. The maximum absolute atomic E-state index is 13.4. The number of nitrogens with zero attached hydrogens (tertiary/aromatic N) is 6. The fraction of sp³-hybridized carbons (Fsp3) is 0.364. The summed E-state index contributed by atoms with van der Waals surface area (Å²) in [5.41, 5.74) is -0.590. The zero-order chi connectivity index (χ0) is 47.3. The molecule has 6 aromatic rings. The van der Waals surface area contributed by atoms with Gasteiger partial charge in [0.2, 0.25) is 20.0 Å². The van der Waals surface area contributed by atoms with E-state index in [1.54, 1.807) is 64.1 Å². The van der Waals surface area contributed by atoms with E-state index in [4.69, 9.17) is 50.2 Å². The number of halogens is 4. The SMILES string of the molecule is CC(C)(C)OC(=O)N1CC[C@H]2CN(S(=O)(=O)c3cccc4cncc(Cl)c34)C[C@H]21.O=S(=O)(Cl)c1cccc2cncc(Cl)c12.O=S(=O)(c1cccc2cncc(Cl)c12)N1C[C@@H]2CCN[C@@H]2C1. The zero-order valence-corrected chi connectivity index (χ0v) is 41.3. The molecule has 0 saturated carbocycles. The number of nitrogens with one attached hydrogen (secondary N) is 1. The molecule has 4 fully saturated rings. The first-order valence-electron chi connectivity index (χ1n) is 20.9. The molecule has 7 heterocycles. The Morgan fingerprint density at radius 3 is 1.56 bits per heavy atom. The van der Waals surface area contributed by atoms with E-state index in [9.17, 15) is 30.0 Å². The molecule has 0 aliphatic carbocycles. The lowest BCUT2D eigenvalue weighted by Crippen LogP contribution is -2.43. The zero-order valence-electron chi connectivity index (χ0n) is 35.8. The van der Waals surface area contributed by atoms with Crippen LogP contribution in [0.1, 0.15) is 33.6 Å². The van der Waals surface area contributed by atoms with Gasteiger partial charge in [0.25, 0.3) is 9.05 Å². The average Bonchev–Trinajstić information content (AvgIpc) is 4.06. The van der Waals surface area contributed by atoms with Crippen molar-refractivity contribution in [3.05, 3.63) is 107 Å². The molecule has 0 spiro atoms. The lowest BCUT2D eigenvalue weighted by atomic mass is 10.1. The second-order valence-electron chi connectivity index (χ2n) is 17.4. The summed E-state index contributed by atoms with van der Waals surface area (Å²) < 4.78 is 84.1. The van der Waals surface area contributed by atoms with Crippen LogP contribution >= 0.6 is 45.5 Å². The van der Waals surface area contributed by atoms with E-state index >= 15 is 0 Å². The molecular weight excluding hydrogens is 993 g/mol. The number of carbonyl (C=O) groups is 1. The molecule has 22 heteroatoms. The number of carbonyl (C=O) groups excluding carboxylic acids is 1. The number of sulfonamides is 2. The van der Waals surface area contributed by atoms with Gasteiger partial charge in [0.1, 0.15) is 5.60 Å². The normalized spacial score (nSPS) is 21.3. The van der Waals surface area contributed by atoms with E-state index in [1.807, 2.05) is 26.8 Å². The first kappa shape index (κ1) is 48.5. The van der Waals surface area contributed by atoms with E-state index in [1.165, 1.54) is 35.2 Å². The summed E-state index contributed by atoms with van der Waals surface area (Å²) in [7, 11) is -5.81. The minimum Gasteiger partial charge on any atom is -0.444 e. The van der Waals surface area contributed by atoms with Gasteiger partial charge in [-0.1, -0.05) is 71.2 Å². The Balaban J connectivity index is 0.000000142. The highest BCUT2D eigenvalue weighted by Gasteiger charge is 2.48. The van der Waals surface area contributed by atoms with Crippen LogP contribution in [0.4, 0.5) is 4.79 Å². The molecule has 4 aliphatic heterocycles. The van der Waals surface area contributed by atoms with Gasteiger partial charge in [-0.25, -0.2) is 30.0 Å². The third-order valence-electron chi connectivity index (χ3n) is 12.1. The van der Waals surface area contributed by atoms with Gasteiger partial charge in [0.15, 0.2) is 0 Å². The van der Waals surface area contributed by atoms with Gasteiger partial charge in [0.05, 0.1) is 35.8 Å². The summed E-state index contributed by atoms with van der Waals surface area (Å²) in [4.78, 5) is 26.6. The molecule has 1 N–H and O–H groups in total. The summed E-state index contributed by atoms with van der Waals surface area (Å²) in [6.45, 7) is 8.79. The molecule has 0 radical (unpaired) electrons. The minimum atomic E-state index is -3.79. The highest BCUT2D eigenvalue weighted by Crippen LogP contribution is 2.39. The van der Waals surface area contributed by atoms with Crippen molar-refractivity contribution >= 4 is 113 Å². The fourth-order valence-electron chi connectivity index (χ4n) is 9.06. The Morgan fingerprint density at radius 2 is 1.09 bits per heavy atom. The van der Waals surface area contributed by atoms with Crippen molar-refractivity contribution in [2.24, 2.45) is 11.8 Å². The van der Waals surface area contributed by atoms with Crippen molar-refractivity contribution in [2.75, 3.05) is 39.3 Å². The maximum atomic E-state index is 13.4. The van der Waals surface area contributed by atoms with Gasteiger partial charge >= 0.3 is 6.09 Å². The number of pyridine rings is 3. The van der Waals surface area contributed by atoms with Crippen molar-refractivity contribution in [3.63, 3.8) is 0 Å². The lowest BCUT2D eigenvalue weighted by molar-refractivity contribution is 0.0223. The summed E-state index contributed by atoms with van der Waals surface area (Å²) in [6.07, 6.45) is 10.5. The van der Waals surface area contributed by atoms with Crippen LogP contribution in [-0.2, 0) is 33.8 Å². The Kier molecular flexibility index (Phi) is 13.9. The summed E-state index contributed by atoms with van der Waals surface area (Å²) >= 11 is 18.4. The van der Waals surface area contributed by atoms with Crippen molar-refractivity contribution in [3.8, 4) is 0 Å². The van der Waals surface area contributed by atoms with Crippen LogP contribution in [0.2, 0.25) is 15.1 Å².